The summed E-state index contributed by atoms with van der Waals surface area (Å²) < 4.78 is 15.9. The number of carbonyl (C=O) groups is 2. The molecule has 0 atom stereocenters. The van der Waals surface area contributed by atoms with Crippen molar-refractivity contribution in [2.45, 2.75) is 13.3 Å². The maximum atomic E-state index is 12.2. The summed E-state index contributed by atoms with van der Waals surface area (Å²) in [6.45, 7) is 2.40. The lowest BCUT2D eigenvalue weighted by Crippen LogP contribution is -2.49. The van der Waals surface area contributed by atoms with Crippen molar-refractivity contribution in [1.29, 1.82) is 0 Å². The Kier molecular flexibility index (Phi) is 8.71. The van der Waals surface area contributed by atoms with Crippen LogP contribution in [-0.4, -0.2) is 37.3 Å². The van der Waals surface area contributed by atoms with Crippen molar-refractivity contribution in [2.24, 2.45) is 0 Å². The van der Waals surface area contributed by atoms with E-state index in [9.17, 15) is 9.59 Å². The second-order valence-corrected chi connectivity index (χ2v) is 6.20. The average Bonchev–Trinajstić information content (AvgIpc) is 2.75. The minimum atomic E-state index is -0.463. The first-order chi connectivity index (χ1) is 14.0. The van der Waals surface area contributed by atoms with Gasteiger partial charge in [0.15, 0.2) is 11.7 Å². The highest BCUT2D eigenvalue weighted by Gasteiger charge is 2.09. The molecule has 2 aromatic carbocycles. The number of rotatable bonds is 8. The van der Waals surface area contributed by atoms with Gasteiger partial charge >= 0.3 is 0 Å². The van der Waals surface area contributed by atoms with E-state index in [1.165, 1.54) is 0 Å². The number of ether oxygens (including phenoxy) is 3. The van der Waals surface area contributed by atoms with Gasteiger partial charge in [-0.25, -0.2) is 0 Å². The normalized spacial score (nSPS) is 9.86. The predicted molar refractivity (Wildman–Crippen MR) is 112 cm³/mol. The van der Waals surface area contributed by atoms with Gasteiger partial charge in [0.1, 0.15) is 17.2 Å². The van der Waals surface area contributed by atoms with Crippen LogP contribution in [0.5, 0.6) is 17.2 Å². The van der Waals surface area contributed by atoms with Crippen molar-refractivity contribution >= 4 is 29.1 Å². The molecule has 2 amide bonds. The van der Waals surface area contributed by atoms with Crippen LogP contribution in [0.15, 0.2) is 48.5 Å². The number of benzene rings is 2. The Hall–Kier alpha value is -3.33. The number of hydrogen-bond donors (Lipinski definition) is 3. The van der Waals surface area contributed by atoms with E-state index in [4.69, 9.17) is 26.4 Å². The summed E-state index contributed by atoms with van der Waals surface area (Å²) in [5.74, 6) is 1.02. The summed E-state index contributed by atoms with van der Waals surface area (Å²) in [4.78, 5) is 24.0. The molecule has 0 aliphatic rings. The van der Waals surface area contributed by atoms with Crippen molar-refractivity contribution in [3.63, 3.8) is 0 Å². The van der Waals surface area contributed by atoms with Crippen molar-refractivity contribution in [3.05, 3.63) is 54.1 Å². The molecule has 2 aromatic rings. The molecule has 0 saturated heterocycles. The number of hydrogen-bond acceptors (Lipinski definition) is 6. The number of methoxy groups -OCH3 is 1. The van der Waals surface area contributed by atoms with E-state index >= 15 is 0 Å². The Morgan fingerprint density at radius 3 is 2.10 bits per heavy atom. The van der Waals surface area contributed by atoms with Gasteiger partial charge in [-0.2, -0.15) is 0 Å². The van der Waals surface area contributed by atoms with Gasteiger partial charge in [-0.05, 0) is 67.2 Å². The van der Waals surface area contributed by atoms with Crippen molar-refractivity contribution in [3.8, 4) is 17.2 Å². The first kappa shape index (κ1) is 22.0. The molecule has 0 spiro atoms. The number of hydrazine groups is 1. The fourth-order valence-electron chi connectivity index (χ4n) is 2.11. The molecule has 0 radical (unpaired) electrons. The van der Waals surface area contributed by atoms with Crippen LogP contribution in [0.2, 0.25) is 0 Å². The van der Waals surface area contributed by atoms with E-state index in [1.54, 1.807) is 55.6 Å². The van der Waals surface area contributed by atoms with E-state index in [0.717, 1.165) is 6.42 Å². The predicted octanol–water partition coefficient (Wildman–Crippen LogP) is 2.20. The second kappa shape index (κ2) is 11.5. The maximum Gasteiger partial charge on any atom is 0.276 e. The molecule has 0 fully saturated rings. The molecule has 3 N–H and O–H groups in total. The molecule has 9 heteroatoms. The van der Waals surface area contributed by atoms with Crippen molar-refractivity contribution in [1.82, 2.24) is 16.2 Å². The highest BCUT2D eigenvalue weighted by molar-refractivity contribution is 7.80. The van der Waals surface area contributed by atoms with Crippen LogP contribution in [-0.2, 0) is 4.79 Å². The van der Waals surface area contributed by atoms with Crippen LogP contribution in [0.3, 0.4) is 0 Å². The summed E-state index contributed by atoms with van der Waals surface area (Å²) in [5, 5.41) is 2.43. The lowest BCUT2D eigenvalue weighted by molar-refractivity contribution is -0.123. The standard InChI is InChI=1S/C20H23N3O5S/c1-3-12-27-16-6-4-14(5-7-16)19(25)21-20(29)23-22-18(24)13-28-17-10-8-15(26-2)9-11-17/h4-11H,3,12-13H2,1-2H3,(H,22,24)(H2,21,23,25,29). The first-order valence-corrected chi connectivity index (χ1v) is 9.32. The van der Waals surface area contributed by atoms with Crippen LogP contribution in [0.1, 0.15) is 23.7 Å². The zero-order valence-electron chi connectivity index (χ0n) is 16.2. The molecule has 2 rings (SSSR count). The van der Waals surface area contributed by atoms with E-state index in [0.29, 0.717) is 29.4 Å². The minimum absolute atomic E-state index is 0.0425. The molecular weight excluding hydrogens is 394 g/mol. The lowest BCUT2D eigenvalue weighted by Gasteiger charge is -2.12. The highest BCUT2D eigenvalue weighted by atomic mass is 32.1. The molecule has 0 bridgehead atoms. The van der Waals surface area contributed by atoms with Crippen LogP contribution in [0.4, 0.5) is 0 Å². The number of thiocarbonyl (C=S) groups is 1. The van der Waals surface area contributed by atoms with Gasteiger partial charge in [0, 0.05) is 5.56 Å². The van der Waals surface area contributed by atoms with Crippen molar-refractivity contribution < 1.29 is 23.8 Å². The molecule has 29 heavy (non-hydrogen) atoms. The van der Waals surface area contributed by atoms with E-state index in [2.05, 4.69) is 16.2 Å². The zero-order chi connectivity index (χ0) is 21.1. The van der Waals surface area contributed by atoms with Gasteiger partial charge in [-0.15, -0.1) is 0 Å². The van der Waals surface area contributed by atoms with Crippen LogP contribution in [0, 0.1) is 0 Å². The molecule has 0 aliphatic carbocycles. The van der Waals surface area contributed by atoms with Gasteiger partial charge < -0.3 is 14.2 Å². The van der Waals surface area contributed by atoms with Gasteiger partial charge in [-0.1, -0.05) is 6.92 Å². The lowest BCUT2D eigenvalue weighted by atomic mass is 10.2. The van der Waals surface area contributed by atoms with Crippen LogP contribution >= 0.6 is 12.2 Å². The molecule has 0 heterocycles. The molecule has 8 nitrogen and oxygen atoms in total. The molecule has 0 aromatic heterocycles. The largest absolute Gasteiger partial charge is 0.497 e. The quantitative estimate of drug-likeness (QED) is 0.447. The van der Waals surface area contributed by atoms with Gasteiger partial charge in [0.2, 0.25) is 0 Å². The first-order valence-electron chi connectivity index (χ1n) is 8.91. The summed E-state index contributed by atoms with van der Waals surface area (Å²) in [6, 6.07) is 13.5. The monoisotopic (exact) mass is 417 g/mol. The molecular formula is C20H23N3O5S. The number of carbonyl (C=O) groups excluding carboxylic acids is 2. The highest BCUT2D eigenvalue weighted by Crippen LogP contribution is 2.16. The Bertz CT molecular complexity index is 825. The average molecular weight is 417 g/mol. The molecule has 154 valence electrons. The molecule has 0 saturated carbocycles. The Labute approximate surface area is 174 Å². The summed E-state index contributed by atoms with van der Waals surface area (Å²) >= 11 is 5.00. The van der Waals surface area contributed by atoms with Gasteiger partial charge in [0.25, 0.3) is 11.8 Å². The zero-order valence-corrected chi connectivity index (χ0v) is 17.0. The van der Waals surface area contributed by atoms with Gasteiger partial charge in [-0.3, -0.25) is 25.8 Å². The Morgan fingerprint density at radius 2 is 1.48 bits per heavy atom. The third kappa shape index (κ3) is 7.67. The summed E-state index contributed by atoms with van der Waals surface area (Å²) in [6.07, 6.45) is 0.902. The maximum absolute atomic E-state index is 12.2. The van der Waals surface area contributed by atoms with E-state index in [-0.39, 0.29) is 11.7 Å². The van der Waals surface area contributed by atoms with Crippen LogP contribution in [0.25, 0.3) is 0 Å². The van der Waals surface area contributed by atoms with E-state index < -0.39 is 11.8 Å². The van der Waals surface area contributed by atoms with Gasteiger partial charge in [0.05, 0.1) is 13.7 Å². The second-order valence-electron chi connectivity index (χ2n) is 5.79. The number of amides is 2. The third-order valence-corrected chi connectivity index (χ3v) is 3.77. The molecule has 0 unspecified atom stereocenters. The molecule has 0 aliphatic heterocycles. The van der Waals surface area contributed by atoms with Crippen molar-refractivity contribution in [2.75, 3.05) is 20.3 Å². The fourth-order valence-corrected chi connectivity index (χ4v) is 2.26. The SMILES string of the molecule is CCCOc1ccc(C(=O)NC(=S)NNC(=O)COc2ccc(OC)cc2)cc1. The van der Waals surface area contributed by atoms with E-state index in [1.807, 2.05) is 6.92 Å². The minimum Gasteiger partial charge on any atom is -0.497 e. The third-order valence-electron chi connectivity index (χ3n) is 3.56. The smallest absolute Gasteiger partial charge is 0.276 e. The summed E-state index contributed by atoms with van der Waals surface area (Å²) in [7, 11) is 1.56. The Morgan fingerprint density at radius 1 is 0.897 bits per heavy atom. The van der Waals surface area contributed by atoms with Crippen LogP contribution < -0.4 is 30.4 Å². The Balaban J connectivity index is 1.71. The topological polar surface area (TPSA) is 97.9 Å². The fraction of sp³-hybridized carbons (Fsp3) is 0.250. The summed E-state index contributed by atoms with van der Waals surface area (Å²) in [5.41, 5.74) is 5.21. The number of nitrogens with one attached hydrogen (secondary N) is 3.